The minimum absolute atomic E-state index is 0.0957. The van der Waals surface area contributed by atoms with E-state index < -0.39 is 5.54 Å². The van der Waals surface area contributed by atoms with Crippen molar-refractivity contribution < 1.29 is 4.79 Å². The summed E-state index contributed by atoms with van der Waals surface area (Å²) >= 11 is 6.06. The normalized spacial score (nSPS) is 13.4. The molecule has 0 radical (unpaired) electrons. The van der Waals surface area contributed by atoms with E-state index in [0.717, 1.165) is 17.5 Å². The monoisotopic (exact) mass is 339 g/mol. The molecule has 1 aromatic heterocycles. The van der Waals surface area contributed by atoms with Crippen molar-refractivity contribution in [2.75, 3.05) is 0 Å². The first-order valence-electron chi connectivity index (χ1n) is 7.89. The third kappa shape index (κ3) is 2.74. The van der Waals surface area contributed by atoms with Crippen molar-refractivity contribution in [2.24, 2.45) is 0 Å². The SMILES string of the molecule is CCCC(=O)C(c1ccccc1)(c1ccc(Cl)cc1)n1cnnc1. The molecule has 5 heteroatoms. The molecule has 1 atom stereocenters. The predicted molar refractivity (Wildman–Crippen MR) is 94.0 cm³/mol. The molecule has 0 amide bonds. The van der Waals surface area contributed by atoms with Gasteiger partial charge in [-0.15, -0.1) is 10.2 Å². The number of nitrogens with zero attached hydrogens (tertiary/aromatic N) is 3. The van der Waals surface area contributed by atoms with Crippen molar-refractivity contribution in [3.63, 3.8) is 0 Å². The zero-order valence-electron chi connectivity index (χ0n) is 13.4. The lowest BCUT2D eigenvalue weighted by molar-refractivity contribution is -0.124. The van der Waals surface area contributed by atoms with Crippen LogP contribution in [-0.4, -0.2) is 20.5 Å². The highest BCUT2D eigenvalue weighted by atomic mass is 35.5. The van der Waals surface area contributed by atoms with Gasteiger partial charge in [-0.1, -0.05) is 61.0 Å². The van der Waals surface area contributed by atoms with Crippen LogP contribution in [0.4, 0.5) is 0 Å². The van der Waals surface area contributed by atoms with Crippen LogP contribution in [0.1, 0.15) is 30.9 Å². The molecule has 0 N–H and O–H groups in total. The average molecular weight is 340 g/mol. The fraction of sp³-hybridized carbons (Fsp3) is 0.211. The molecule has 0 aliphatic rings. The highest BCUT2D eigenvalue weighted by Gasteiger charge is 2.42. The number of halogens is 1. The van der Waals surface area contributed by atoms with Gasteiger partial charge in [0.15, 0.2) is 11.3 Å². The summed E-state index contributed by atoms with van der Waals surface area (Å²) in [6.07, 6.45) is 4.41. The maximum absolute atomic E-state index is 13.3. The van der Waals surface area contributed by atoms with Crippen LogP contribution >= 0.6 is 11.6 Å². The fourth-order valence-electron chi connectivity index (χ4n) is 3.08. The summed E-state index contributed by atoms with van der Waals surface area (Å²) in [6, 6.07) is 17.1. The van der Waals surface area contributed by atoms with Crippen molar-refractivity contribution in [2.45, 2.75) is 25.3 Å². The van der Waals surface area contributed by atoms with Gasteiger partial charge < -0.3 is 0 Å². The van der Waals surface area contributed by atoms with E-state index in [9.17, 15) is 4.79 Å². The Hall–Kier alpha value is -2.46. The van der Waals surface area contributed by atoms with Gasteiger partial charge in [0, 0.05) is 11.4 Å². The number of carbonyl (C=O) groups is 1. The lowest BCUT2D eigenvalue weighted by Gasteiger charge is -2.34. The Bertz CT molecular complexity index is 800. The topological polar surface area (TPSA) is 47.8 Å². The number of hydrogen-bond acceptors (Lipinski definition) is 3. The molecule has 0 saturated carbocycles. The molecule has 0 spiro atoms. The van der Waals surface area contributed by atoms with E-state index in [1.807, 2.05) is 49.4 Å². The minimum atomic E-state index is -0.995. The third-order valence-electron chi connectivity index (χ3n) is 4.14. The Labute approximate surface area is 146 Å². The molecule has 122 valence electrons. The van der Waals surface area contributed by atoms with Gasteiger partial charge in [-0.05, 0) is 29.7 Å². The van der Waals surface area contributed by atoms with E-state index in [0.29, 0.717) is 11.4 Å². The summed E-state index contributed by atoms with van der Waals surface area (Å²) in [5.41, 5.74) is 0.729. The number of aromatic nitrogens is 3. The largest absolute Gasteiger partial charge is 0.298 e. The van der Waals surface area contributed by atoms with E-state index in [-0.39, 0.29) is 5.78 Å². The molecule has 4 nitrogen and oxygen atoms in total. The van der Waals surface area contributed by atoms with Gasteiger partial charge >= 0.3 is 0 Å². The Morgan fingerprint density at radius 2 is 1.58 bits per heavy atom. The second-order valence-corrected chi connectivity index (χ2v) is 6.06. The molecule has 0 saturated heterocycles. The molecule has 24 heavy (non-hydrogen) atoms. The van der Waals surface area contributed by atoms with Gasteiger partial charge in [0.05, 0.1) is 0 Å². The molecule has 3 rings (SSSR count). The molecular weight excluding hydrogens is 322 g/mol. The van der Waals surface area contributed by atoms with Crippen LogP contribution in [0, 0.1) is 0 Å². The van der Waals surface area contributed by atoms with Crippen LogP contribution < -0.4 is 0 Å². The predicted octanol–water partition coefficient (Wildman–Crippen LogP) is 4.09. The zero-order valence-corrected chi connectivity index (χ0v) is 14.1. The molecule has 0 bridgehead atoms. The molecule has 1 heterocycles. The first-order valence-corrected chi connectivity index (χ1v) is 8.27. The summed E-state index contributed by atoms with van der Waals surface area (Å²) in [7, 11) is 0. The molecule has 2 aromatic carbocycles. The zero-order chi connectivity index (χ0) is 17.0. The van der Waals surface area contributed by atoms with Crippen molar-refractivity contribution in [1.82, 2.24) is 14.8 Å². The van der Waals surface area contributed by atoms with Gasteiger partial charge in [0.25, 0.3) is 0 Å². The van der Waals surface area contributed by atoms with Crippen molar-refractivity contribution in [3.8, 4) is 0 Å². The second kappa shape index (κ2) is 6.97. The Balaban J connectivity index is 2.32. The average Bonchev–Trinajstić information content (AvgIpc) is 3.13. The number of carbonyl (C=O) groups excluding carboxylic acids is 1. The van der Waals surface area contributed by atoms with Crippen molar-refractivity contribution in [1.29, 1.82) is 0 Å². The number of benzene rings is 2. The third-order valence-corrected chi connectivity index (χ3v) is 4.39. The number of ketones is 1. The van der Waals surface area contributed by atoms with Crippen LogP contribution in [0.25, 0.3) is 0 Å². The fourth-order valence-corrected chi connectivity index (χ4v) is 3.21. The van der Waals surface area contributed by atoms with E-state index in [2.05, 4.69) is 10.2 Å². The lowest BCUT2D eigenvalue weighted by atomic mass is 9.77. The van der Waals surface area contributed by atoms with Crippen LogP contribution in [0.3, 0.4) is 0 Å². The summed E-state index contributed by atoms with van der Waals surface area (Å²) in [6.45, 7) is 2.00. The Kier molecular flexibility index (Phi) is 4.76. The molecule has 3 aromatic rings. The lowest BCUT2D eigenvalue weighted by Crippen LogP contribution is -2.43. The van der Waals surface area contributed by atoms with Gasteiger partial charge in [0.1, 0.15) is 12.7 Å². The molecule has 0 aliphatic carbocycles. The smallest absolute Gasteiger partial charge is 0.167 e. The molecule has 0 fully saturated rings. The van der Waals surface area contributed by atoms with E-state index in [1.165, 1.54) is 0 Å². The standard InChI is InChI=1S/C19H18ClN3O/c1-2-6-18(24)19(23-13-21-22-14-23,15-7-4-3-5-8-15)16-9-11-17(20)12-10-16/h3-5,7-14H,2,6H2,1H3. The minimum Gasteiger partial charge on any atom is -0.298 e. The molecular formula is C19H18ClN3O. The summed E-state index contributed by atoms with van der Waals surface area (Å²) in [4.78, 5) is 13.3. The first-order chi connectivity index (χ1) is 11.7. The number of Topliss-reactive ketones (excluding diaryl/α,β-unsaturated/α-hetero) is 1. The molecule has 0 aliphatic heterocycles. The second-order valence-electron chi connectivity index (χ2n) is 5.63. The number of hydrogen-bond donors (Lipinski definition) is 0. The van der Waals surface area contributed by atoms with Gasteiger partial charge in [-0.25, -0.2) is 0 Å². The Morgan fingerprint density at radius 3 is 2.17 bits per heavy atom. The van der Waals surface area contributed by atoms with Crippen LogP contribution in [-0.2, 0) is 10.3 Å². The van der Waals surface area contributed by atoms with Crippen LogP contribution in [0.15, 0.2) is 67.3 Å². The Morgan fingerprint density at radius 1 is 1.00 bits per heavy atom. The number of rotatable bonds is 6. The summed E-state index contributed by atoms with van der Waals surface area (Å²) in [5, 5.41) is 8.50. The molecule has 1 unspecified atom stereocenters. The van der Waals surface area contributed by atoms with E-state index >= 15 is 0 Å². The van der Waals surface area contributed by atoms with Crippen molar-refractivity contribution >= 4 is 17.4 Å². The van der Waals surface area contributed by atoms with Gasteiger partial charge in [-0.3, -0.25) is 9.36 Å². The van der Waals surface area contributed by atoms with Crippen LogP contribution in [0.5, 0.6) is 0 Å². The highest BCUT2D eigenvalue weighted by molar-refractivity contribution is 6.30. The first kappa shape index (κ1) is 16.4. The maximum atomic E-state index is 13.3. The highest BCUT2D eigenvalue weighted by Crippen LogP contribution is 2.36. The van der Waals surface area contributed by atoms with Gasteiger partial charge in [0.2, 0.25) is 0 Å². The maximum Gasteiger partial charge on any atom is 0.167 e. The van der Waals surface area contributed by atoms with Gasteiger partial charge in [-0.2, -0.15) is 0 Å². The summed E-state index contributed by atoms with van der Waals surface area (Å²) in [5.74, 6) is 0.0957. The van der Waals surface area contributed by atoms with Crippen LogP contribution in [0.2, 0.25) is 5.02 Å². The van der Waals surface area contributed by atoms with E-state index in [1.54, 1.807) is 29.4 Å². The summed E-state index contributed by atoms with van der Waals surface area (Å²) < 4.78 is 1.78. The quantitative estimate of drug-likeness (QED) is 0.679. The van der Waals surface area contributed by atoms with Crippen molar-refractivity contribution in [3.05, 3.63) is 83.4 Å². The van der Waals surface area contributed by atoms with E-state index in [4.69, 9.17) is 11.6 Å².